The molecule has 2 aromatic rings. The van der Waals surface area contributed by atoms with E-state index < -0.39 is 0 Å². The molecule has 0 saturated heterocycles. The van der Waals surface area contributed by atoms with Crippen molar-refractivity contribution < 1.29 is 0 Å². The van der Waals surface area contributed by atoms with Gasteiger partial charge < -0.3 is 10.2 Å². The van der Waals surface area contributed by atoms with E-state index in [1.54, 1.807) is 0 Å². The molecule has 3 heteroatoms. The molecule has 0 spiro atoms. The number of benzene rings is 2. The lowest BCUT2D eigenvalue weighted by Gasteiger charge is -2.31. The fourth-order valence-electron chi connectivity index (χ4n) is 2.89. The smallest absolute Gasteiger partial charge is 0.0642 e. The first-order valence-corrected chi connectivity index (χ1v) is 7.96. The summed E-state index contributed by atoms with van der Waals surface area (Å²) < 4.78 is 0. The molecule has 0 aromatic heterocycles. The van der Waals surface area contributed by atoms with Gasteiger partial charge in [-0.05, 0) is 41.8 Å². The fraction of sp³-hybridized carbons (Fsp3) is 0.333. The average molecular weight is 301 g/mol. The molecule has 1 aliphatic rings. The second-order valence-corrected chi connectivity index (χ2v) is 5.91. The molecule has 1 N–H and O–H groups in total. The topological polar surface area (TPSA) is 15.3 Å². The number of hydrogen-bond acceptors (Lipinski definition) is 2. The summed E-state index contributed by atoms with van der Waals surface area (Å²) in [5.41, 5.74) is 5.26. The van der Waals surface area contributed by atoms with Crippen LogP contribution in [0.15, 0.2) is 42.5 Å². The normalized spacial score (nSPS) is 14.1. The molecular weight excluding hydrogens is 280 g/mol. The van der Waals surface area contributed by atoms with E-state index in [4.69, 9.17) is 11.6 Å². The summed E-state index contributed by atoms with van der Waals surface area (Å²) in [4.78, 5) is 2.38. The highest BCUT2D eigenvalue weighted by Crippen LogP contribution is 2.31. The van der Waals surface area contributed by atoms with Crippen molar-refractivity contribution in [3.8, 4) is 0 Å². The summed E-state index contributed by atoms with van der Waals surface area (Å²) in [6, 6.07) is 15.1. The molecule has 0 fully saturated rings. The van der Waals surface area contributed by atoms with Gasteiger partial charge in [0.05, 0.1) is 10.7 Å². The first-order chi connectivity index (χ1) is 10.3. The van der Waals surface area contributed by atoms with E-state index in [0.29, 0.717) is 0 Å². The van der Waals surface area contributed by atoms with Crippen molar-refractivity contribution in [1.29, 1.82) is 0 Å². The van der Waals surface area contributed by atoms with Crippen LogP contribution in [0.1, 0.15) is 23.6 Å². The highest BCUT2D eigenvalue weighted by molar-refractivity contribution is 6.33. The molecule has 110 valence electrons. The van der Waals surface area contributed by atoms with E-state index in [1.807, 2.05) is 0 Å². The van der Waals surface area contributed by atoms with Crippen molar-refractivity contribution in [2.24, 2.45) is 0 Å². The van der Waals surface area contributed by atoms with Gasteiger partial charge in [-0.25, -0.2) is 0 Å². The molecule has 2 nitrogen and oxygen atoms in total. The third-order valence-electron chi connectivity index (χ3n) is 4.06. The summed E-state index contributed by atoms with van der Waals surface area (Å²) in [6.07, 6.45) is 1.09. The van der Waals surface area contributed by atoms with Crippen molar-refractivity contribution in [2.75, 3.05) is 18.0 Å². The first-order valence-electron chi connectivity index (χ1n) is 7.59. The molecule has 0 bridgehead atoms. The maximum atomic E-state index is 6.50. The van der Waals surface area contributed by atoms with E-state index in [-0.39, 0.29) is 0 Å². The van der Waals surface area contributed by atoms with Crippen LogP contribution in [-0.2, 0) is 19.5 Å². The molecule has 0 saturated carbocycles. The molecule has 3 rings (SSSR count). The number of nitrogens with one attached hydrogen (secondary N) is 1. The number of halogens is 1. The summed E-state index contributed by atoms with van der Waals surface area (Å²) in [6.45, 7) is 5.94. The standard InChI is InChI=1S/C18H21ClN2/c1-2-20-12-14-7-8-18(17(19)11-14)21-10-9-15-5-3-4-6-16(15)13-21/h3-8,11,20H,2,9-10,12-13H2,1H3. The molecule has 1 heterocycles. The molecule has 21 heavy (non-hydrogen) atoms. The van der Waals surface area contributed by atoms with Crippen LogP contribution in [0.3, 0.4) is 0 Å². The predicted octanol–water partition coefficient (Wildman–Crippen LogP) is 4.01. The van der Waals surface area contributed by atoms with Gasteiger partial charge >= 0.3 is 0 Å². The van der Waals surface area contributed by atoms with E-state index >= 15 is 0 Å². The maximum Gasteiger partial charge on any atom is 0.0642 e. The summed E-state index contributed by atoms with van der Waals surface area (Å²) in [7, 11) is 0. The Morgan fingerprint density at radius 2 is 1.95 bits per heavy atom. The number of nitrogens with zero attached hydrogens (tertiary/aromatic N) is 1. The van der Waals surface area contributed by atoms with Gasteiger partial charge in [-0.3, -0.25) is 0 Å². The van der Waals surface area contributed by atoms with Crippen LogP contribution in [0.25, 0.3) is 0 Å². The van der Waals surface area contributed by atoms with Crippen LogP contribution < -0.4 is 10.2 Å². The second-order valence-electron chi connectivity index (χ2n) is 5.51. The number of hydrogen-bond donors (Lipinski definition) is 1. The zero-order chi connectivity index (χ0) is 14.7. The van der Waals surface area contributed by atoms with E-state index in [0.717, 1.165) is 43.3 Å². The van der Waals surface area contributed by atoms with Gasteiger partial charge in [0.25, 0.3) is 0 Å². The van der Waals surface area contributed by atoms with Gasteiger partial charge in [0, 0.05) is 19.6 Å². The highest BCUT2D eigenvalue weighted by Gasteiger charge is 2.18. The van der Waals surface area contributed by atoms with Gasteiger partial charge in [-0.15, -0.1) is 0 Å². The number of fused-ring (bicyclic) bond motifs is 1. The van der Waals surface area contributed by atoms with Crippen LogP contribution in [0.2, 0.25) is 5.02 Å². The number of anilines is 1. The lowest BCUT2D eigenvalue weighted by Crippen LogP contribution is -2.30. The van der Waals surface area contributed by atoms with Crippen molar-refractivity contribution in [1.82, 2.24) is 5.32 Å². The Morgan fingerprint density at radius 1 is 1.14 bits per heavy atom. The van der Waals surface area contributed by atoms with Gasteiger partial charge in [-0.2, -0.15) is 0 Å². The van der Waals surface area contributed by atoms with Crippen LogP contribution in [0.5, 0.6) is 0 Å². The molecule has 0 unspecified atom stereocenters. The molecule has 0 amide bonds. The Labute approximate surface area is 131 Å². The summed E-state index contributed by atoms with van der Waals surface area (Å²) in [5.74, 6) is 0. The Hall–Kier alpha value is -1.51. The Morgan fingerprint density at radius 3 is 2.71 bits per heavy atom. The van der Waals surface area contributed by atoms with Crippen molar-refractivity contribution >= 4 is 17.3 Å². The minimum atomic E-state index is 0.852. The molecular formula is C18H21ClN2. The Balaban J connectivity index is 1.79. The number of rotatable bonds is 4. The second kappa shape index (κ2) is 6.50. The monoisotopic (exact) mass is 300 g/mol. The summed E-state index contributed by atoms with van der Waals surface area (Å²) in [5, 5.41) is 4.18. The minimum Gasteiger partial charge on any atom is -0.366 e. The van der Waals surface area contributed by atoms with E-state index in [9.17, 15) is 0 Å². The predicted molar refractivity (Wildman–Crippen MR) is 90.0 cm³/mol. The van der Waals surface area contributed by atoms with Crippen molar-refractivity contribution in [2.45, 2.75) is 26.4 Å². The largest absolute Gasteiger partial charge is 0.366 e. The van der Waals surface area contributed by atoms with Gasteiger partial charge in [0.15, 0.2) is 0 Å². The molecule has 0 radical (unpaired) electrons. The lowest BCUT2D eigenvalue weighted by atomic mass is 9.99. The lowest BCUT2D eigenvalue weighted by molar-refractivity contribution is 0.722. The molecule has 0 atom stereocenters. The minimum absolute atomic E-state index is 0.852. The highest BCUT2D eigenvalue weighted by atomic mass is 35.5. The Kier molecular flexibility index (Phi) is 4.47. The maximum absolute atomic E-state index is 6.50. The molecule has 2 aromatic carbocycles. The zero-order valence-electron chi connectivity index (χ0n) is 12.4. The Bertz CT molecular complexity index is 624. The van der Waals surface area contributed by atoms with Crippen molar-refractivity contribution in [3.63, 3.8) is 0 Å². The van der Waals surface area contributed by atoms with Crippen LogP contribution in [0.4, 0.5) is 5.69 Å². The fourth-order valence-corrected chi connectivity index (χ4v) is 3.21. The average Bonchev–Trinajstić information content (AvgIpc) is 2.52. The van der Waals surface area contributed by atoms with E-state index in [1.165, 1.54) is 16.7 Å². The van der Waals surface area contributed by atoms with Gasteiger partial charge in [0.1, 0.15) is 0 Å². The third kappa shape index (κ3) is 3.22. The van der Waals surface area contributed by atoms with Crippen molar-refractivity contribution in [3.05, 3.63) is 64.2 Å². The van der Waals surface area contributed by atoms with E-state index in [2.05, 4.69) is 59.6 Å². The quantitative estimate of drug-likeness (QED) is 0.918. The van der Waals surface area contributed by atoms with Crippen LogP contribution in [0, 0.1) is 0 Å². The SMILES string of the molecule is CCNCc1ccc(N2CCc3ccccc3C2)c(Cl)c1. The van der Waals surface area contributed by atoms with Crippen LogP contribution >= 0.6 is 11.6 Å². The first kappa shape index (κ1) is 14.4. The zero-order valence-corrected chi connectivity index (χ0v) is 13.2. The van der Waals surface area contributed by atoms with Crippen LogP contribution in [-0.4, -0.2) is 13.1 Å². The van der Waals surface area contributed by atoms with Gasteiger partial charge in [0.2, 0.25) is 0 Å². The molecule has 0 aliphatic carbocycles. The third-order valence-corrected chi connectivity index (χ3v) is 4.37. The summed E-state index contributed by atoms with van der Waals surface area (Å²) >= 11 is 6.50. The molecule has 1 aliphatic heterocycles. The van der Waals surface area contributed by atoms with Gasteiger partial charge in [-0.1, -0.05) is 48.9 Å².